The summed E-state index contributed by atoms with van der Waals surface area (Å²) in [6.07, 6.45) is 8.23. The molecule has 2 heterocycles. The lowest BCUT2D eigenvalue weighted by Gasteiger charge is -2.29. The van der Waals surface area contributed by atoms with E-state index < -0.39 is 0 Å². The van der Waals surface area contributed by atoms with Crippen LogP contribution in [0.5, 0.6) is 5.75 Å². The van der Waals surface area contributed by atoms with Crippen molar-refractivity contribution in [2.75, 3.05) is 26.7 Å². The van der Waals surface area contributed by atoms with Gasteiger partial charge in [0, 0.05) is 23.5 Å². The molecule has 2 aliphatic rings. The molecule has 0 spiro atoms. The number of hydrogen-bond acceptors (Lipinski definition) is 4. The largest absolute Gasteiger partial charge is 0.483 e. The molecule has 0 aromatic carbocycles. The van der Waals surface area contributed by atoms with Crippen molar-refractivity contribution in [3.63, 3.8) is 0 Å². The van der Waals surface area contributed by atoms with E-state index in [2.05, 4.69) is 22.2 Å². The Kier molecular flexibility index (Phi) is 4.93. The average molecular weight is 303 g/mol. The summed E-state index contributed by atoms with van der Waals surface area (Å²) in [5.41, 5.74) is 2.33. The molecule has 1 aromatic rings. The van der Waals surface area contributed by atoms with E-state index in [-0.39, 0.29) is 12.5 Å². The molecule has 1 fully saturated rings. The summed E-state index contributed by atoms with van der Waals surface area (Å²) in [6, 6.07) is 2.17. The Bertz CT molecular complexity index is 525. The Morgan fingerprint density at radius 1 is 1.36 bits per heavy atom. The number of ether oxygens (including phenoxy) is 1. The van der Waals surface area contributed by atoms with E-state index in [0.717, 1.165) is 50.2 Å². The number of nitrogens with zero attached hydrogens (tertiary/aromatic N) is 2. The van der Waals surface area contributed by atoms with Gasteiger partial charge in [0.05, 0.1) is 0 Å². The number of aromatic nitrogens is 1. The number of fused-ring (bicyclic) bond motifs is 1. The van der Waals surface area contributed by atoms with Gasteiger partial charge in [0.15, 0.2) is 6.61 Å². The lowest BCUT2D eigenvalue weighted by atomic mass is 9.95. The molecule has 1 amide bonds. The summed E-state index contributed by atoms with van der Waals surface area (Å²) in [6.45, 7) is 2.19. The summed E-state index contributed by atoms with van der Waals surface area (Å²) >= 11 is 0. The van der Waals surface area contributed by atoms with Crippen LogP contribution in [0.1, 0.15) is 36.9 Å². The van der Waals surface area contributed by atoms with Crippen LogP contribution in [0.15, 0.2) is 12.3 Å². The van der Waals surface area contributed by atoms with E-state index in [9.17, 15) is 4.79 Å². The van der Waals surface area contributed by atoms with E-state index in [1.54, 1.807) is 6.20 Å². The third-order valence-electron chi connectivity index (χ3n) is 4.63. The van der Waals surface area contributed by atoms with E-state index in [1.165, 1.54) is 18.4 Å². The molecular weight excluding hydrogens is 278 g/mol. The first kappa shape index (κ1) is 15.3. The Balaban J connectivity index is 1.51. The summed E-state index contributed by atoms with van der Waals surface area (Å²) in [7, 11) is 2.12. The van der Waals surface area contributed by atoms with Crippen LogP contribution in [0.25, 0.3) is 0 Å². The summed E-state index contributed by atoms with van der Waals surface area (Å²) in [4.78, 5) is 18.8. The zero-order chi connectivity index (χ0) is 15.4. The summed E-state index contributed by atoms with van der Waals surface area (Å²) < 4.78 is 5.77. The highest BCUT2D eigenvalue weighted by Crippen LogP contribution is 2.27. The van der Waals surface area contributed by atoms with E-state index in [4.69, 9.17) is 4.74 Å². The zero-order valence-electron chi connectivity index (χ0n) is 13.3. The number of rotatable bonds is 4. The molecule has 1 saturated heterocycles. The number of hydrogen-bond donors (Lipinski definition) is 1. The quantitative estimate of drug-likeness (QED) is 0.917. The smallest absolute Gasteiger partial charge is 0.258 e. The molecule has 1 aliphatic carbocycles. The minimum Gasteiger partial charge on any atom is -0.483 e. The first-order chi connectivity index (χ1) is 10.7. The maximum absolute atomic E-state index is 12.1. The van der Waals surface area contributed by atoms with Gasteiger partial charge in [0.2, 0.25) is 0 Å². The second kappa shape index (κ2) is 7.09. The number of nitrogens with one attached hydrogen (secondary N) is 1. The summed E-state index contributed by atoms with van der Waals surface area (Å²) in [5, 5.41) is 3.08. The van der Waals surface area contributed by atoms with Crippen LogP contribution in [0.4, 0.5) is 0 Å². The fourth-order valence-corrected chi connectivity index (χ4v) is 3.29. The molecule has 1 N–H and O–H groups in total. The van der Waals surface area contributed by atoms with Crippen molar-refractivity contribution in [2.24, 2.45) is 0 Å². The molecule has 1 aromatic heterocycles. The van der Waals surface area contributed by atoms with Crippen molar-refractivity contribution in [1.29, 1.82) is 0 Å². The standard InChI is InChI=1S/C17H25N3O2/c1-20-10-7-13(8-11-20)19-17(21)12-22-16-6-9-18-15-5-3-2-4-14(15)16/h6,9,13H,2-5,7-8,10-12H2,1H3,(H,19,21). The normalized spacial score (nSPS) is 19.5. The molecule has 0 saturated carbocycles. The number of piperidine rings is 1. The minimum atomic E-state index is -0.0177. The number of likely N-dealkylation sites (tertiary alicyclic amines) is 1. The van der Waals surface area contributed by atoms with Crippen molar-refractivity contribution in [3.8, 4) is 5.75 Å². The average Bonchev–Trinajstić information content (AvgIpc) is 2.55. The van der Waals surface area contributed by atoms with Gasteiger partial charge in [-0.15, -0.1) is 0 Å². The van der Waals surface area contributed by atoms with Gasteiger partial charge < -0.3 is 15.0 Å². The van der Waals surface area contributed by atoms with Crippen LogP contribution in [0.3, 0.4) is 0 Å². The van der Waals surface area contributed by atoms with Crippen LogP contribution >= 0.6 is 0 Å². The summed E-state index contributed by atoms with van der Waals surface area (Å²) in [5.74, 6) is 0.819. The van der Waals surface area contributed by atoms with Crippen LogP contribution in [-0.4, -0.2) is 48.6 Å². The molecule has 0 atom stereocenters. The van der Waals surface area contributed by atoms with Gasteiger partial charge in [0.25, 0.3) is 5.91 Å². The maximum Gasteiger partial charge on any atom is 0.258 e. The Labute approximate surface area is 132 Å². The van der Waals surface area contributed by atoms with Crippen molar-refractivity contribution in [2.45, 2.75) is 44.6 Å². The van der Waals surface area contributed by atoms with Gasteiger partial charge in [-0.25, -0.2) is 0 Å². The van der Waals surface area contributed by atoms with Crippen molar-refractivity contribution >= 4 is 5.91 Å². The maximum atomic E-state index is 12.1. The van der Waals surface area contributed by atoms with E-state index in [0.29, 0.717) is 6.04 Å². The first-order valence-electron chi connectivity index (χ1n) is 8.30. The SMILES string of the molecule is CN1CCC(NC(=O)COc2ccnc3c2CCCC3)CC1. The Morgan fingerprint density at radius 3 is 2.95 bits per heavy atom. The predicted molar refractivity (Wildman–Crippen MR) is 85.0 cm³/mol. The van der Waals surface area contributed by atoms with Gasteiger partial charge >= 0.3 is 0 Å². The van der Waals surface area contributed by atoms with Crippen LogP contribution in [-0.2, 0) is 17.6 Å². The lowest BCUT2D eigenvalue weighted by molar-refractivity contribution is -0.124. The monoisotopic (exact) mass is 303 g/mol. The first-order valence-corrected chi connectivity index (χ1v) is 8.30. The van der Waals surface area contributed by atoms with Gasteiger partial charge in [0.1, 0.15) is 5.75 Å². The molecule has 5 nitrogen and oxygen atoms in total. The molecule has 0 unspecified atom stereocenters. The Morgan fingerprint density at radius 2 is 2.14 bits per heavy atom. The second-order valence-electron chi connectivity index (χ2n) is 6.38. The molecular formula is C17H25N3O2. The fourth-order valence-electron chi connectivity index (χ4n) is 3.29. The van der Waals surface area contributed by atoms with E-state index in [1.807, 2.05) is 6.07 Å². The van der Waals surface area contributed by atoms with E-state index >= 15 is 0 Å². The number of pyridine rings is 1. The topological polar surface area (TPSA) is 54.5 Å². The third kappa shape index (κ3) is 3.77. The molecule has 0 radical (unpaired) electrons. The number of amides is 1. The highest BCUT2D eigenvalue weighted by atomic mass is 16.5. The molecule has 5 heteroatoms. The number of carbonyl (C=O) groups is 1. The van der Waals surface area contributed by atoms with Gasteiger partial charge in [-0.1, -0.05) is 0 Å². The molecule has 22 heavy (non-hydrogen) atoms. The molecule has 1 aliphatic heterocycles. The van der Waals surface area contributed by atoms with Crippen molar-refractivity contribution in [3.05, 3.63) is 23.5 Å². The lowest BCUT2D eigenvalue weighted by Crippen LogP contribution is -2.44. The van der Waals surface area contributed by atoms with Crippen molar-refractivity contribution in [1.82, 2.24) is 15.2 Å². The van der Waals surface area contributed by atoms with Crippen LogP contribution in [0.2, 0.25) is 0 Å². The molecule has 120 valence electrons. The van der Waals surface area contributed by atoms with Crippen molar-refractivity contribution < 1.29 is 9.53 Å². The number of carbonyl (C=O) groups excluding carboxylic acids is 1. The van der Waals surface area contributed by atoms with Crippen LogP contribution in [0, 0.1) is 0 Å². The third-order valence-corrected chi connectivity index (χ3v) is 4.63. The fraction of sp³-hybridized carbons (Fsp3) is 0.647. The highest BCUT2D eigenvalue weighted by molar-refractivity contribution is 5.77. The van der Waals surface area contributed by atoms with Crippen LogP contribution < -0.4 is 10.1 Å². The number of aryl methyl sites for hydroxylation is 1. The zero-order valence-corrected chi connectivity index (χ0v) is 13.3. The van der Waals surface area contributed by atoms with Gasteiger partial charge in [-0.05, 0) is 64.7 Å². The Hall–Kier alpha value is -1.62. The van der Waals surface area contributed by atoms with Gasteiger partial charge in [-0.2, -0.15) is 0 Å². The predicted octanol–water partition coefficient (Wildman–Crippen LogP) is 1.55. The highest BCUT2D eigenvalue weighted by Gasteiger charge is 2.19. The minimum absolute atomic E-state index is 0.0177. The molecule has 3 rings (SSSR count). The van der Waals surface area contributed by atoms with Gasteiger partial charge in [-0.3, -0.25) is 9.78 Å². The molecule has 0 bridgehead atoms. The second-order valence-corrected chi connectivity index (χ2v) is 6.38.